The zero-order valence-corrected chi connectivity index (χ0v) is 13.0. The van der Waals surface area contributed by atoms with E-state index in [-0.39, 0.29) is 6.42 Å². The van der Waals surface area contributed by atoms with Crippen LogP contribution in [0.5, 0.6) is 0 Å². The number of benzene rings is 1. The first-order valence-electron chi connectivity index (χ1n) is 6.84. The van der Waals surface area contributed by atoms with Crippen molar-refractivity contribution >= 4 is 18.0 Å². The number of carbonyl (C=O) groups excluding carboxylic acids is 2. The van der Waals surface area contributed by atoms with Crippen molar-refractivity contribution in [3.05, 3.63) is 59.9 Å². The van der Waals surface area contributed by atoms with Gasteiger partial charge in [0.2, 0.25) is 0 Å². The molecule has 0 aliphatic carbocycles. The second kappa shape index (κ2) is 8.65. The Morgan fingerprint density at radius 2 is 1.73 bits per heavy atom. The lowest BCUT2D eigenvalue weighted by atomic mass is 9.87. The van der Waals surface area contributed by atoms with E-state index in [1.165, 1.54) is 21.1 Å². The SMILES string of the molecule is COC(=O)C(C)(CC=C=C/C=C/c1ccccc1)C(=O)OC. The molecular formula is C18H20O4. The molecule has 0 amide bonds. The van der Waals surface area contributed by atoms with E-state index in [9.17, 15) is 9.59 Å². The van der Waals surface area contributed by atoms with Crippen LogP contribution < -0.4 is 0 Å². The van der Waals surface area contributed by atoms with E-state index < -0.39 is 17.4 Å². The van der Waals surface area contributed by atoms with Crippen LogP contribution in [0.2, 0.25) is 0 Å². The van der Waals surface area contributed by atoms with Crippen LogP contribution in [0.25, 0.3) is 6.08 Å². The van der Waals surface area contributed by atoms with Crippen molar-refractivity contribution in [3.8, 4) is 0 Å². The smallest absolute Gasteiger partial charge is 0.323 e. The van der Waals surface area contributed by atoms with Gasteiger partial charge < -0.3 is 9.47 Å². The van der Waals surface area contributed by atoms with E-state index in [4.69, 9.17) is 0 Å². The molecule has 0 unspecified atom stereocenters. The zero-order chi connectivity index (χ0) is 16.4. The molecule has 0 saturated heterocycles. The normalized spacial score (nSPS) is 10.7. The standard InChI is InChI=1S/C18H20O4/c1-18(16(19)21-2,17(20)22-3)14-10-5-4-7-11-15-12-8-6-9-13-15/h4,6-13H,14H2,1-3H3/b11-7+. The fourth-order valence-electron chi connectivity index (χ4n) is 1.81. The number of ether oxygens (including phenoxy) is 2. The fraction of sp³-hybridized carbons (Fsp3) is 0.278. The summed E-state index contributed by atoms with van der Waals surface area (Å²) >= 11 is 0. The molecule has 1 rings (SSSR count). The van der Waals surface area contributed by atoms with Crippen molar-refractivity contribution in [2.75, 3.05) is 14.2 Å². The number of allylic oxidation sites excluding steroid dienone is 2. The van der Waals surface area contributed by atoms with E-state index in [2.05, 4.69) is 15.2 Å². The van der Waals surface area contributed by atoms with Gasteiger partial charge in [-0.1, -0.05) is 42.5 Å². The lowest BCUT2D eigenvalue weighted by Crippen LogP contribution is -2.38. The van der Waals surface area contributed by atoms with Gasteiger partial charge in [0.15, 0.2) is 5.41 Å². The van der Waals surface area contributed by atoms with Crippen LogP contribution in [0, 0.1) is 5.41 Å². The maximum Gasteiger partial charge on any atom is 0.323 e. The Bertz CT molecular complexity index is 577. The van der Waals surface area contributed by atoms with E-state index >= 15 is 0 Å². The molecule has 0 N–H and O–H groups in total. The summed E-state index contributed by atoms with van der Waals surface area (Å²) in [5.74, 6) is -1.26. The molecule has 22 heavy (non-hydrogen) atoms. The van der Waals surface area contributed by atoms with Gasteiger partial charge in [-0.25, -0.2) is 0 Å². The Morgan fingerprint density at radius 3 is 2.27 bits per heavy atom. The number of hydrogen-bond acceptors (Lipinski definition) is 4. The monoisotopic (exact) mass is 300 g/mol. The highest BCUT2D eigenvalue weighted by Gasteiger charge is 2.42. The maximum absolute atomic E-state index is 11.7. The van der Waals surface area contributed by atoms with Gasteiger partial charge in [0.25, 0.3) is 0 Å². The van der Waals surface area contributed by atoms with E-state index in [1.54, 1.807) is 12.2 Å². The third-order valence-corrected chi connectivity index (χ3v) is 3.18. The van der Waals surface area contributed by atoms with Crippen LogP contribution in [0.3, 0.4) is 0 Å². The minimum Gasteiger partial charge on any atom is -0.468 e. The lowest BCUT2D eigenvalue weighted by Gasteiger charge is -2.21. The minimum atomic E-state index is -1.35. The Hall–Kier alpha value is -2.58. The van der Waals surface area contributed by atoms with Crippen LogP contribution in [-0.4, -0.2) is 26.2 Å². The first-order chi connectivity index (χ1) is 10.5. The van der Waals surface area contributed by atoms with Crippen molar-refractivity contribution in [3.63, 3.8) is 0 Å². The van der Waals surface area contributed by atoms with Crippen molar-refractivity contribution in [1.82, 2.24) is 0 Å². The third-order valence-electron chi connectivity index (χ3n) is 3.18. The van der Waals surface area contributed by atoms with Crippen molar-refractivity contribution < 1.29 is 19.1 Å². The molecule has 4 heteroatoms. The molecule has 0 aliphatic heterocycles. The molecule has 0 bridgehead atoms. The van der Waals surface area contributed by atoms with Crippen molar-refractivity contribution in [2.24, 2.45) is 5.41 Å². The summed E-state index contributed by atoms with van der Waals surface area (Å²) in [5, 5.41) is 0. The molecule has 1 aromatic rings. The summed E-state index contributed by atoms with van der Waals surface area (Å²) in [5.41, 5.74) is 2.64. The second-order valence-electron chi connectivity index (χ2n) is 4.83. The van der Waals surface area contributed by atoms with Crippen molar-refractivity contribution in [2.45, 2.75) is 13.3 Å². The highest BCUT2D eigenvalue weighted by Crippen LogP contribution is 2.25. The Morgan fingerprint density at radius 1 is 1.14 bits per heavy atom. The molecule has 0 spiro atoms. The fourth-order valence-corrected chi connectivity index (χ4v) is 1.81. The van der Waals surface area contributed by atoms with Crippen LogP contribution in [0.4, 0.5) is 0 Å². The Kier molecular flexibility index (Phi) is 6.87. The first-order valence-corrected chi connectivity index (χ1v) is 6.84. The first kappa shape index (κ1) is 17.5. The van der Waals surface area contributed by atoms with Crippen LogP contribution >= 0.6 is 0 Å². The Labute approximate surface area is 130 Å². The van der Waals surface area contributed by atoms with Crippen LogP contribution in [0.1, 0.15) is 18.9 Å². The van der Waals surface area contributed by atoms with Gasteiger partial charge in [-0.15, -0.1) is 5.73 Å². The van der Waals surface area contributed by atoms with E-state index in [0.717, 1.165) is 5.56 Å². The number of carbonyl (C=O) groups is 2. The van der Waals surface area contributed by atoms with E-state index in [0.29, 0.717) is 0 Å². The molecule has 0 fully saturated rings. The molecule has 0 aromatic heterocycles. The molecule has 1 aromatic carbocycles. The largest absolute Gasteiger partial charge is 0.468 e. The molecule has 0 heterocycles. The van der Waals surface area contributed by atoms with Crippen LogP contribution in [0.15, 0.2) is 54.3 Å². The summed E-state index contributed by atoms with van der Waals surface area (Å²) in [7, 11) is 2.48. The number of esters is 2. The average Bonchev–Trinajstić information content (AvgIpc) is 2.56. The van der Waals surface area contributed by atoms with Gasteiger partial charge in [0.05, 0.1) is 14.2 Å². The third kappa shape index (κ3) is 4.76. The molecule has 0 radical (unpaired) electrons. The molecule has 0 aliphatic rings. The zero-order valence-electron chi connectivity index (χ0n) is 13.0. The summed E-state index contributed by atoms with van der Waals surface area (Å²) < 4.78 is 9.33. The summed E-state index contributed by atoms with van der Waals surface area (Å²) in [6, 6.07) is 9.83. The predicted octanol–water partition coefficient (Wildman–Crippen LogP) is 3.15. The topological polar surface area (TPSA) is 52.6 Å². The van der Waals surface area contributed by atoms with Gasteiger partial charge in [0, 0.05) is 0 Å². The second-order valence-corrected chi connectivity index (χ2v) is 4.83. The van der Waals surface area contributed by atoms with Gasteiger partial charge >= 0.3 is 11.9 Å². The highest BCUT2D eigenvalue weighted by molar-refractivity contribution is 5.99. The summed E-state index contributed by atoms with van der Waals surface area (Å²) in [6.45, 7) is 1.49. The minimum absolute atomic E-state index is 0.155. The van der Waals surface area contributed by atoms with Gasteiger partial charge in [-0.05, 0) is 31.1 Å². The number of hydrogen-bond donors (Lipinski definition) is 0. The van der Waals surface area contributed by atoms with E-state index in [1.807, 2.05) is 42.5 Å². The predicted molar refractivity (Wildman–Crippen MR) is 84.9 cm³/mol. The lowest BCUT2D eigenvalue weighted by molar-refractivity contribution is -0.167. The van der Waals surface area contributed by atoms with Gasteiger partial charge in [-0.2, -0.15) is 0 Å². The average molecular weight is 300 g/mol. The molecular weight excluding hydrogens is 280 g/mol. The summed E-state index contributed by atoms with van der Waals surface area (Å²) in [4.78, 5) is 23.5. The maximum atomic E-state index is 11.7. The Balaban J connectivity index is 2.72. The number of rotatable bonds is 6. The van der Waals surface area contributed by atoms with Gasteiger partial charge in [0.1, 0.15) is 0 Å². The highest BCUT2D eigenvalue weighted by atomic mass is 16.5. The van der Waals surface area contributed by atoms with Crippen LogP contribution in [-0.2, 0) is 19.1 Å². The molecule has 0 atom stereocenters. The molecule has 116 valence electrons. The molecule has 0 saturated carbocycles. The quantitative estimate of drug-likeness (QED) is 0.350. The summed E-state index contributed by atoms with van der Waals surface area (Å²) in [6.07, 6.45) is 7.24. The molecule has 4 nitrogen and oxygen atoms in total. The van der Waals surface area contributed by atoms with Gasteiger partial charge in [-0.3, -0.25) is 9.59 Å². The van der Waals surface area contributed by atoms with Crippen molar-refractivity contribution in [1.29, 1.82) is 0 Å². The number of methoxy groups -OCH3 is 2.